The molecule has 0 saturated carbocycles. The number of carbonyl (C=O) groups is 1. The summed E-state index contributed by atoms with van der Waals surface area (Å²) in [5, 5.41) is 9.66. The number of aliphatic hydroxyl groups is 1. The number of para-hydroxylation sites is 1. The topological polar surface area (TPSA) is 53.0 Å². The Balaban J connectivity index is 1.66. The van der Waals surface area contributed by atoms with Gasteiger partial charge in [-0.1, -0.05) is 18.2 Å². The number of hydrogen-bond acceptors (Lipinski definition) is 4. The van der Waals surface area contributed by atoms with Gasteiger partial charge >= 0.3 is 0 Å². The maximum atomic E-state index is 13.1. The molecule has 1 aromatic rings. The lowest BCUT2D eigenvalue weighted by molar-refractivity contribution is -0.126. The van der Waals surface area contributed by atoms with Crippen molar-refractivity contribution in [3.63, 3.8) is 0 Å². The van der Waals surface area contributed by atoms with Crippen LogP contribution in [0.5, 0.6) is 0 Å². The minimum atomic E-state index is 0.0763. The third kappa shape index (κ3) is 2.30. The third-order valence-electron chi connectivity index (χ3n) is 5.86. The molecule has 2 saturated heterocycles. The summed E-state index contributed by atoms with van der Waals surface area (Å²) in [5.41, 5.74) is 2.25. The van der Waals surface area contributed by atoms with Gasteiger partial charge in [0.1, 0.15) is 0 Å². The number of likely N-dealkylation sites (tertiary alicyclic amines) is 1. The van der Waals surface area contributed by atoms with Gasteiger partial charge in [0.05, 0.1) is 6.61 Å². The number of benzene rings is 1. The number of amides is 1. The molecule has 3 aliphatic heterocycles. The van der Waals surface area contributed by atoms with Crippen LogP contribution in [0.25, 0.3) is 0 Å². The van der Waals surface area contributed by atoms with Crippen molar-refractivity contribution in [2.24, 2.45) is 5.92 Å². The number of nitrogens with zero attached hydrogens (tertiary/aromatic N) is 2. The SMILES string of the molecule is CN1[C@H](CO)[C@@H]2c3ccccc3N(C(=O)C3CCOCC3)C[C@@H]21. The minimum Gasteiger partial charge on any atom is -0.395 e. The van der Waals surface area contributed by atoms with Gasteiger partial charge < -0.3 is 14.7 Å². The fourth-order valence-electron chi connectivity index (χ4n) is 4.48. The highest BCUT2D eigenvalue weighted by molar-refractivity contribution is 5.96. The lowest BCUT2D eigenvalue weighted by atomic mass is 9.72. The summed E-state index contributed by atoms with van der Waals surface area (Å²) in [5.74, 6) is 0.646. The van der Waals surface area contributed by atoms with Crippen molar-refractivity contribution < 1.29 is 14.6 Å². The molecule has 5 heteroatoms. The Labute approximate surface area is 136 Å². The Kier molecular flexibility index (Phi) is 3.87. The molecule has 124 valence electrons. The average molecular weight is 316 g/mol. The predicted molar refractivity (Wildman–Crippen MR) is 87.5 cm³/mol. The minimum absolute atomic E-state index is 0.0763. The Morgan fingerprint density at radius 3 is 2.78 bits per heavy atom. The Bertz CT molecular complexity index is 600. The van der Waals surface area contributed by atoms with Crippen LogP contribution < -0.4 is 4.90 Å². The normalized spacial score (nSPS) is 31.2. The van der Waals surface area contributed by atoms with Crippen LogP contribution in [0.15, 0.2) is 24.3 Å². The number of rotatable bonds is 2. The van der Waals surface area contributed by atoms with Crippen LogP contribution in [-0.2, 0) is 9.53 Å². The highest BCUT2D eigenvalue weighted by Crippen LogP contribution is 2.47. The first-order valence-electron chi connectivity index (χ1n) is 8.53. The first-order valence-corrected chi connectivity index (χ1v) is 8.53. The summed E-state index contributed by atoms with van der Waals surface area (Å²) < 4.78 is 5.39. The van der Waals surface area contributed by atoms with E-state index in [4.69, 9.17) is 4.74 Å². The molecule has 4 rings (SSSR count). The van der Waals surface area contributed by atoms with Gasteiger partial charge in [-0.05, 0) is 31.5 Å². The van der Waals surface area contributed by atoms with Crippen molar-refractivity contribution >= 4 is 11.6 Å². The van der Waals surface area contributed by atoms with Gasteiger partial charge in [0.15, 0.2) is 0 Å². The lowest BCUT2D eigenvalue weighted by Gasteiger charge is -2.58. The molecule has 0 radical (unpaired) electrons. The summed E-state index contributed by atoms with van der Waals surface area (Å²) in [6.07, 6.45) is 1.64. The molecule has 1 amide bonds. The van der Waals surface area contributed by atoms with Crippen LogP contribution in [0.1, 0.15) is 24.3 Å². The van der Waals surface area contributed by atoms with Crippen molar-refractivity contribution in [1.82, 2.24) is 4.90 Å². The molecule has 0 spiro atoms. The predicted octanol–water partition coefficient (Wildman–Crippen LogP) is 1.22. The molecule has 23 heavy (non-hydrogen) atoms. The number of hydrogen-bond donors (Lipinski definition) is 1. The summed E-state index contributed by atoms with van der Waals surface area (Å²) in [7, 11) is 2.05. The zero-order valence-electron chi connectivity index (χ0n) is 13.5. The molecular weight excluding hydrogens is 292 g/mol. The van der Waals surface area contributed by atoms with E-state index in [0.29, 0.717) is 25.2 Å². The molecule has 3 heterocycles. The van der Waals surface area contributed by atoms with Crippen LogP contribution in [0.2, 0.25) is 0 Å². The number of aliphatic hydroxyl groups excluding tert-OH is 1. The molecule has 0 aliphatic carbocycles. The van der Waals surface area contributed by atoms with E-state index in [0.717, 1.165) is 25.1 Å². The van der Waals surface area contributed by atoms with E-state index in [2.05, 4.69) is 17.0 Å². The van der Waals surface area contributed by atoms with Crippen molar-refractivity contribution in [2.75, 3.05) is 38.3 Å². The first kappa shape index (κ1) is 15.1. The van der Waals surface area contributed by atoms with E-state index in [1.165, 1.54) is 5.56 Å². The number of fused-ring (bicyclic) bond motifs is 3. The molecule has 3 aliphatic rings. The third-order valence-corrected chi connectivity index (χ3v) is 5.86. The van der Waals surface area contributed by atoms with Crippen molar-refractivity contribution in [3.05, 3.63) is 29.8 Å². The molecule has 3 atom stereocenters. The van der Waals surface area contributed by atoms with Gasteiger partial charge in [0.25, 0.3) is 0 Å². The van der Waals surface area contributed by atoms with Gasteiger partial charge in [-0.15, -0.1) is 0 Å². The van der Waals surface area contributed by atoms with E-state index < -0.39 is 0 Å². The van der Waals surface area contributed by atoms with Gasteiger partial charge in [-0.25, -0.2) is 0 Å². The van der Waals surface area contributed by atoms with Gasteiger partial charge in [-0.2, -0.15) is 0 Å². The van der Waals surface area contributed by atoms with E-state index >= 15 is 0 Å². The van der Waals surface area contributed by atoms with Crippen LogP contribution in [0.3, 0.4) is 0 Å². The maximum absolute atomic E-state index is 13.1. The number of anilines is 1. The number of carbonyl (C=O) groups excluding carboxylic acids is 1. The Hall–Kier alpha value is -1.43. The fraction of sp³-hybridized carbons (Fsp3) is 0.611. The summed E-state index contributed by atoms with van der Waals surface area (Å²) in [4.78, 5) is 17.2. The van der Waals surface area contributed by atoms with Crippen molar-refractivity contribution in [2.45, 2.75) is 30.8 Å². The van der Waals surface area contributed by atoms with E-state index in [9.17, 15) is 9.90 Å². The van der Waals surface area contributed by atoms with Crippen LogP contribution in [-0.4, -0.2) is 61.4 Å². The van der Waals surface area contributed by atoms with Gasteiger partial charge in [0.2, 0.25) is 5.91 Å². The first-order chi connectivity index (χ1) is 11.2. The van der Waals surface area contributed by atoms with E-state index in [-0.39, 0.29) is 24.5 Å². The maximum Gasteiger partial charge on any atom is 0.230 e. The van der Waals surface area contributed by atoms with Crippen molar-refractivity contribution in [3.8, 4) is 0 Å². The molecule has 1 N–H and O–H groups in total. The quantitative estimate of drug-likeness (QED) is 0.891. The van der Waals surface area contributed by atoms with Gasteiger partial charge in [-0.3, -0.25) is 9.69 Å². The Morgan fingerprint density at radius 2 is 2.04 bits per heavy atom. The molecule has 1 aromatic carbocycles. The molecule has 5 nitrogen and oxygen atoms in total. The zero-order valence-corrected chi connectivity index (χ0v) is 13.5. The summed E-state index contributed by atoms with van der Waals surface area (Å²) in [6, 6.07) is 8.68. The van der Waals surface area contributed by atoms with Crippen LogP contribution in [0, 0.1) is 5.92 Å². The second-order valence-electron chi connectivity index (χ2n) is 6.90. The standard InChI is InChI=1S/C18H24N2O3/c1-19-15-10-20(18(22)12-6-8-23-9-7-12)14-5-3-2-4-13(14)17(15)16(19)11-21/h2-5,12,15-17,21H,6-11H2,1H3/t15-,16+,17+/m0/s1. The number of likely N-dealkylation sites (N-methyl/N-ethyl adjacent to an activating group) is 1. The number of ether oxygens (including phenoxy) is 1. The second kappa shape index (κ2) is 5.89. The summed E-state index contributed by atoms with van der Waals surface area (Å²) in [6.45, 7) is 2.26. The van der Waals surface area contributed by atoms with Crippen LogP contribution in [0.4, 0.5) is 5.69 Å². The molecular formula is C18H24N2O3. The molecule has 0 unspecified atom stereocenters. The zero-order chi connectivity index (χ0) is 16.0. The van der Waals surface area contributed by atoms with E-state index in [1.54, 1.807) is 0 Å². The Morgan fingerprint density at radius 1 is 1.30 bits per heavy atom. The van der Waals surface area contributed by atoms with Crippen LogP contribution >= 0.6 is 0 Å². The highest BCUT2D eigenvalue weighted by Gasteiger charge is 2.51. The lowest BCUT2D eigenvalue weighted by Crippen LogP contribution is -2.68. The fourth-order valence-corrected chi connectivity index (χ4v) is 4.48. The van der Waals surface area contributed by atoms with Gasteiger partial charge in [0, 0.05) is 49.4 Å². The highest BCUT2D eigenvalue weighted by atomic mass is 16.5. The monoisotopic (exact) mass is 316 g/mol. The average Bonchev–Trinajstić information content (AvgIpc) is 2.61. The molecule has 0 bridgehead atoms. The largest absolute Gasteiger partial charge is 0.395 e. The second-order valence-corrected chi connectivity index (χ2v) is 6.90. The molecule has 0 aromatic heterocycles. The smallest absolute Gasteiger partial charge is 0.230 e. The van der Waals surface area contributed by atoms with Crippen molar-refractivity contribution in [1.29, 1.82) is 0 Å². The molecule has 2 fully saturated rings. The summed E-state index contributed by atoms with van der Waals surface area (Å²) >= 11 is 0. The van der Waals surface area contributed by atoms with E-state index in [1.807, 2.05) is 24.1 Å².